The number of carbonyl (C=O) groups excluding carboxylic acids is 1. The fraction of sp³-hybridized carbons (Fsp3) is 0.786. The van der Waals surface area contributed by atoms with Crippen LogP contribution >= 0.6 is 0 Å². The second kappa shape index (κ2) is 6.67. The Bertz CT molecular complexity index is 358. The first kappa shape index (κ1) is 17.1. The predicted octanol–water partition coefficient (Wildman–Crippen LogP) is 1.63. The number of methoxy groups -OCH3 is 3. The summed E-state index contributed by atoms with van der Waals surface area (Å²) in [7, 11) is 4.28. The first-order chi connectivity index (χ1) is 9.37. The molecule has 0 unspecified atom stereocenters. The molecule has 0 amide bonds. The molecule has 0 aromatic heterocycles. The van der Waals surface area contributed by atoms with Crippen molar-refractivity contribution < 1.29 is 28.5 Å². The maximum atomic E-state index is 11.9. The summed E-state index contributed by atoms with van der Waals surface area (Å²) >= 11 is 0. The van der Waals surface area contributed by atoms with Crippen LogP contribution in [0, 0.1) is 0 Å². The molecule has 0 saturated carbocycles. The van der Waals surface area contributed by atoms with Gasteiger partial charge in [-0.05, 0) is 26.7 Å². The van der Waals surface area contributed by atoms with Crippen molar-refractivity contribution in [3.8, 4) is 0 Å². The number of ether oxygens (including phenoxy) is 5. The van der Waals surface area contributed by atoms with E-state index in [1.807, 2.05) is 0 Å². The number of hydrogen-bond acceptors (Lipinski definition) is 6. The molecule has 1 rings (SSSR count). The van der Waals surface area contributed by atoms with Gasteiger partial charge in [0.05, 0.1) is 13.2 Å². The van der Waals surface area contributed by atoms with E-state index in [-0.39, 0.29) is 0 Å². The quantitative estimate of drug-likeness (QED) is 0.547. The monoisotopic (exact) mass is 288 g/mol. The minimum atomic E-state index is -1.22. The third kappa shape index (κ3) is 3.03. The summed E-state index contributed by atoms with van der Waals surface area (Å²) in [5.74, 6) is -2.84. The number of rotatable bonds is 6. The molecule has 0 aliphatic carbocycles. The van der Waals surface area contributed by atoms with Crippen LogP contribution in [0.3, 0.4) is 0 Å². The zero-order valence-corrected chi connectivity index (χ0v) is 12.8. The van der Waals surface area contributed by atoms with Crippen LogP contribution in [0.25, 0.3) is 0 Å². The molecular weight excluding hydrogens is 264 g/mol. The molecule has 0 N–H and O–H groups in total. The molecule has 1 aliphatic rings. The minimum Gasteiger partial charge on any atom is -0.467 e. The minimum absolute atomic E-state index is 0.492. The Labute approximate surface area is 120 Å². The summed E-state index contributed by atoms with van der Waals surface area (Å²) in [4.78, 5) is 11.9. The van der Waals surface area contributed by atoms with E-state index in [1.54, 1.807) is 19.9 Å². The van der Waals surface area contributed by atoms with Crippen molar-refractivity contribution in [1.29, 1.82) is 0 Å². The van der Waals surface area contributed by atoms with Crippen LogP contribution in [0.5, 0.6) is 0 Å². The number of carbonyl (C=O) groups is 1. The number of hydrogen-bond donors (Lipinski definition) is 0. The molecule has 20 heavy (non-hydrogen) atoms. The van der Waals surface area contributed by atoms with Crippen LogP contribution < -0.4 is 0 Å². The SMILES string of the molecule is C=CCC[C@@H]1O[C@@](C)(OC)[C@](C)(OC)O[C@H]1C(=O)OC. The van der Waals surface area contributed by atoms with Crippen LogP contribution in [0.2, 0.25) is 0 Å². The molecule has 1 fully saturated rings. The molecule has 4 atom stereocenters. The fourth-order valence-electron chi connectivity index (χ4n) is 2.16. The molecule has 1 saturated heterocycles. The van der Waals surface area contributed by atoms with Crippen LogP contribution in [0.4, 0.5) is 0 Å². The smallest absolute Gasteiger partial charge is 0.337 e. The van der Waals surface area contributed by atoms with Crippen molar-refractivity contribution in [2.45, 2.75) is 50.5 Å². The fourth-order valence-corrected chi connectivity index (χ4v) is 2.16. The lowest BCUT2D eigenvalue weighted by Gasteiger charge is -2.51. The zero-order valence-electron chi connectivity index (χ0n) is 12.8. The summed E-state index contributed by atoms with van der Waals surface area (Å²) in [5.41, 5.74) is 0. The lowest BCUT2D eigenvalue weighted by molar-refractivity contribution is -0.443. The lowest BCUT2D eigenvalue weighted by Crippen LogP contribution is -2.66. The summed E-state index contributed by atoms with van der Waals surface area (Å²) in [5, 5.41) is 0. The Morgan fingerprint density at radius 3 is 2.20 bits per heavy atom. The highest BCUT2D eigenvalue weighted by Crippen LogP contribution is 2.40. The summed E-state index contributed by atoms with van der Waals surface area (Å²) in [6, 6.07) is 0. The molecule has 6 heteroatoms. The van der Waals surface area contributed by atoms with Gasteiger partial charge in [-0.3, -0.25) is 0 Å². The maximum absolute atomic E-state index is 11.9. The van der Waals surface area contributed by atoms with E-state index in [0.717, 1.165) is 0 Å². The van der Waals surface area contributed by atoms with Crippen molar-refractivity contribution in [3.05, 3.63) is 12.7 Å². The average molecular weight is 288 g/mol. The number of esters is 1. The van der Waals surface area contributed by atoms with Crippen molar-refractivity contribution in [1.82, 2.24) is 0 Å². The second-order valence-corrected chi connectivity index (χ2v) is 4.88. The van der Waals surface area contributed by atoms with Crippen molar-refractivity contribution in [2.75, 3.05) is 21.3 Å². The summed E-state index contributed by atoms with van der Waals surface area (Å²) < 4.78 is 27.3. The van der Waals surface area contributed by atoms with Gasteiger partial charge >= 0.3 is 5.97 Å². The van der Waals surface area contributed by atoms with Crippen LogP contribution in [0.15, 0.2) is 12.7 Å². The highest BCUT2D eigenvalue weighted by Gasteiger charge is 2.58. The van der Waals surface area contributed by atoms with Gasteiger partial charge in [-0.1, -0.05) is 6.08 Å². The van der Waals surface area contributed by atoms with Gasteiger partial charge in [0.2, 0.25) is 11.6 Å². The van der Waals surface area contributed by atoms with Crippen molar-refractivity contribution >= 4 is 5.97 Å². The van der Waals surface area contributed by atoms with E-state index in [1.165, 1.54) is 21.3 Å². The Balaban J connectivity index is 3.04. The molecule has 0 spiro atoms. The van der Waals surface area contributed by atoms with Crippen molar-refractivity contribution in [2.24, 2.45) is 0 Å². The molecule has 1 aliphatic heterocycles. The van der Waals surface area contributed by atoms with Gasteiger partial charge in [-0.25, -0.2) is 4.79 Å². The molecule has 0 bridgehead atoms. The molecular formula is C14H24O6. The largest absolute Gasteiger partial charge is 0.467 e. The molecule has 1 heterocycles. The number of allylic oxidation sites excluding steroid dienone is 1. The average Bonchev–Trinajstić information content (AvgIpc) is 2.47. The van der Waals surface area contributed by atoms with E-state index < -0.39 is 29.8 Å². The van der Waals surface area contributed by atoms with Crippen LogP contribution in [-0.2, 0) is 28.5 Å². The Morgan fingerprint density at radius 1 is 1.20 bits per heavy atom. The summed E-state index contributed by atoms with van der Waals surface area (Å²) in [6.07, 6.45) is 1.65. The van der Waals surface area contributed by atoms with Crippen LogP contribution in [0.1, 0.15) is 26.7 Å². The Hall–Kier alpha value is -0.950. The topological polar surface area (TPSA) is 63.2 Å². The van der Waals surface area contributed by atoms with E-state index >= 15 is 0 Å². The van der Waals surface area contributed by atoms with Gasteiger partial charge in [0.15, 0.2) is 6.10 Å². The van der Waals surface area contributed by atoms with Gasteiger partial charge in [0, 0.05) is 14.2 Å². The lowest BCUT2D eigenvalue weighted by atomic mass is 10.0. The van der Waals surface area contributed by atoms with E-state index in [0.29, 0.717) is 12.8 Å². The second-order valence-electron chi connectivity index (χ2n) is 4.88. The molecule has 116 valence electrons. The maximum Gasteiger partial charge on any atom is 0.337 e. The molecule has 0 aromatic rings. The zero-order chi connectivity index (χ0) is 15.4. The van der Waals surface area contributed by atoms with Crippen molar-refractivity contribution in [3.63, 3.8) is 0 Å². The van der Waals surface area contributed by atoms with Gasteiger partial charge in [0.1, 0.15) is 0 Å². The van der Waals surface area contributed by atoms with E-state index in [4.69, 9.17) is 23.7 Å². The Kier molecular flexibility index (Phi) is 5.70. The summed E-state index contributed by atoms with van der Waals surface area (Å²) in [6.45, 7) is 7.04. The third-order valence-corrected chi connectivity index (χ3v) is 3.76. The standard InChI is InChI=1S/C14H24O6/c1-7-8-9-10-11(12(15)16-4)20-14(3,18-6)13(2,17-5)19-10/h7,10-11H,1,8-9H2,2-6H3/t10-,11+,13+,14+/m0/s1. The van der Waals surface area contributed by atoms with Gasteiger partial charge in [0.25, 0.3) is 0 Å². The van der Waals surface area contributed by atoms with Gasteiger partial charge in [-0.15, -0.1) is 6.58 Å². The molecule has 0 aromatic carbocycles. The van der Waals surface area contributed by atoms with Gasteiger partial charge < -0.3 is 23.7 Å². The molecule has 0 radical (unpaired) electrons. The normalized spacial score (nSPS) is 37.5. The molecule has 6 nitrogen and oxygen atoms in total. The Morgan fingerprint density at radius 2 is 1.75 bits per heavy atom. The highest BCUT2D eigenvalue weighted by atomic mass is 16.8. The van der Waals surface area contributed by atoms with E-state index in [2.05, 4.69) is 6.58 Å². The predicted molar refractivity (Wildman–Crippen MR) is 72.0 cm³/mol. The first-order valence-electron chi connectivity index (χ1n) is 6.52. The highest BCUT2D eigenvalue weighted by molar-refractivity contribution is 5.75. The van der Waals surface area contributed by atoms with Crippen LogP contribution in [-0.4, -0.2) is 51.1 Å². The first-order valence-corrected chi connectivity index (χ1v) is 6.52. The van der Waals surface area contributed by atoms with Gasteiger partial charge in [-0.2, -0.15) is 0 Å². The third-order valence-electron chi connectivity index (χ3n) is 3.76. The van der Waals surface area contributed by atoms with E-state index in [9.17, 15) is 4.79 Å².